The van der Waals surface area contributed by atoms with E-state index in [4.69, 9.17) is 4.84 Å². The molecule has 0 radical (unpaired) electrons. The molecule has 7 heteroatoms. The highest BCUT2D eigenvalue weighted by Gasteiger charge is 2.40. The minimum Gasteiger partial charge on any atom is -0.389 e. The number of halogens is 2. The van der Waals surface area contributed by atoms with Gasteiger partial charge in [0.2, 0.25) is 9.84 Å². The molecular weight excluding hydrogens is 288 g/mol. The van der Waals surface area contributed by atoms with E-state index in [0.29, 0.717) is 0 Å². The van der Waals surface area contributed by atoms with Gasteiger partial charge in [0.1, 0.15) is 17.2 Å². The van der Waals surface area contributed by atoms with Crippen LogP contribution in [0.25, 0.3) is 0 Å². The molecule has 0 spiro atoms. The highest BCUT2D eigenvalue weighted by Crippen LogP contribution is 2.33. The Morgan fingerprint density at radius 3 is 2.30 bits per heavy atom. The number of hydrogen-bond donors (Lipinski definition) is 0. The number of hydrogen-bond acceptors (Lipinski definition) is 4. The van der Waals surface area contributed by atoms with Crippen molar-refractivity contribution >= 4 is 14.9 Å². The Morgan fingerprint density at radius 2 is 1.85 bits per heavy atom. The van der Waals surface area contributed by atoms with Crippen molar-refractivity contribution in [2.24, 2.45) is 5.16 Å². The lowest BCUT2D eigenvalue weighted by molar-refractivity contribution is 0.0123. The van der Waals surface area contributed by atoms with E-state index in [0.717, 1.165) is 12.1 Å². The summed E-state index contributed by atoms with van der Waals surface area (Å²) in [5.74, 6) is -1.78. The van der Waals surface area contributed by atoms with Crippen LogP contribution < -0.4 is 0 Å². The predicted octanol–water partition coefficient (Wildman–Crippen LogP) is 2.95. The Bertz CT molecular complexity index is 648. The van der Waals surface area contributed by atoms with Crippen LogP contribution in [0.5, 0.6) is 0 Å². The van der Waals surface area contributed by atoms with Gasteiger partial charge in [0.05, 0.1) is 5.25 Å². The van der Waals surface area contributed by atoms with E-state index in [2.05, 4.69) is 5.16 Å². The predicted molar refractivity (Wildman–Crippen MR) is 70.9 cm³/mol. The third-order valence-electron chi connectivity index (χ3n) is 3.17. The lowest BCUT2D eigenvalue weighted by atomic mass is 10.1. The lowest BCUT2D eigenvalue weighted by Crippen LogP contribution is -2.25. The monoisotopic (exact) mass is 303 g/mol. The number of rotatable bonds is 2. The van der Waals surface area contributed by atoms with Gasteiger partial charge in [-0.05, 0) is 32.9 Å². The third kappa shape index (κ3) is 2.54. The molecule has 110 valence electrons. The molecule has 1 aromatic rings. The standard InChI is InChI=1S/C13H15F2NO3S/c1-8(12-9(14)5-4-6-10(12)15)20(17,18)11-7-13(2,3)19-16-11/h4-6,8H,7H2,1-3H3. The maximum atomic E-state index is 13.7. The maximum absolute atomic E-state index is 13.7. The molecule has 2 rings (SSSR count). The first-order chi connectivity index (χ1) is 9.15. The van der Waals surface area contributed by atoms with Crippen LogP contribution in [-0.4, -0.2) is 19.1 Å². The second-order valence-electron chi connectivity index (χ2n) is 5.34. The second kappa shape index (κ2) is 4.80. The smallest absolute Gasteiger partial charge is 0.202 e. The van der Waals surface area contributed by atoms with Crippen LogP contribution in [0.1, 0.15) is 38.0 Å². The largest absolute Gasteiger partial charge is 0.389 e. The lowest BCUT2D eigenvalue weighted by Gasteiger charge is -2.16. The number of benzene rings is 1. The van der Waals surface area contributed by atoms with Gasteiger partial charge in [0.15, 0.2) is 5.04 Å². The van der Waals surface area contributed by atoms with Crippen molar-refractivity contribution in [1.82, 2.24) is 0 Å². The van der Waals surface area contributed by atoms with E-state index in [1.807, 2.05) is 0 Å². The molecule has 0 aliphatic carbocycles. The molecule has 1 atom stereocenters. The van der Waals surface area contributed by atoms with Crippen LogP contribution in [0.3, 0.4) is 0 Å². The molecule has 0 aromatic heterocycles. The molecule has 0 saturated carbocycles. The third-order valence-corrected chi connectivity index (χ3v) is 5.21. The SMILES string of the molecule is CC(c1c(F)cccc1F)S(=O)(=O)C1=NOC(C)(C)C1. The molecule has 0 amide bonds. The first-order valence-electron chi connectivity index (χ1n) is 6.08. The van der Waals surface area contributed by atoms with Crippen molar-refractivity contribution in [3.63, 3.8) is 0 Å². The minimum atomic E-state index is -3.96. The fraction of sp³-hybridized carbons (Fsp3) is 0.462. The highest BCUT2D eigenvalue weighted by molar-refractivity contribution is 8.06. The van der Waals surface area contributed by atoms with Crippen LogP contribution in [0.4, 0.5) is 8.78 Å². The Labute approximate surface area is 116 Å². The van der Waals surface area contributed by atoms with Crippen molar-refractivity contribution in [2.75, 3.05) is 0 Å². The topological polar surface area (TPSA) is 55.7 Å². The minimum absolute atomic E-state index is 0.0791. The van der Waals surface area contributed by atoms with Gasteiger partial charge in [-0.1, -0.05) is 11.2 Å². The molecule has 1 aliphatic rings. The normalized spacial score (nSPS) is 19.4. The first-order valence-corrected chi connectivity index (χ1v) is 7.62. The molecule has 1 heterocycles. The van der Waals surface area contributed by atoms with E-state index in [-0.39, 0.29) is 11.5 Å². The van der Waals surface area contributed by atoms with E-state index in [9.17, 15) is 17.2 Å². The summed E-state index contributed by atoms with van der Waals surface area (Å²) in [5.41, 5.74) is -1.20. The summed E-state index contributed by atoms with van der Waals surface area (Å²) in [6.45, 7) is 4.62. The van der Waals surface area contributed by atoms with Crippen LogP contribution in [0.15, 0.2) is 23.4 Å². The van der Waals surface area contributed by atoms with E-state index in [1.54, 1.807) is 13.8 Å². The summed E-state index contributed by atoms with van der Waals surface area (Å²) in [4.78, 5) is 5.01. The molecule has 20 heavy (non-hydrogen) atoms. The van der Waals surface area contributed by atoms with Crippen molar-refractivity contribution in [3.05, 3.63) is 35.4 Å². The highest BCUT2D eigenvalue weighted by atomic mass is 32.2. The van der Waals surface area contributed by atoms with Gasteiger partial charge >= 0.3 is 0 Å². The van der Waals surface area contributed by atoms with E-state index >= 15 is 0 Å². The van der Waals surface area contributed by atoms with Gasteiger partial charge in [0, 0.05) is 12.0 Å². The maximum Gasteiger partial charge on any atom is 0.202 e. The van der Waals surface area contributed by atoms with Gasteiger partial charge in [-0.15, -0.1) is 0 Å². The van der Waals surface area contributed by atoms with Crippen molar-refractivity contribution in [3.8, 4) is 0 Å². The fourth-order valence-electron chi connectivity index (χ4n) is 2.01. The Hall–Kier alpha value is -1.50. The number of sulfone groups is 1. The summed E-state index contributed by atoms with van der Waals surface area (Å²) in [6, 6.07) is 3.25. The van der Waals surface area contributed by atoms with Crippen LogP contribution in [-0.2, 0) is 14.7 Å². The molecule has 0 saturated heterocycles. The van der Waals surface area contributed by atoms with Crippen LogP contribution >= 0.6 is 0 Å². The summed E-state index contributed by atoms with van der Waals surface area (Å²) >= 11 is 0. The Kier molecular flexibility index (Phi) is 3.58. The molecule has 1 aromatic carbocycles. The van der Waals surface area contributed by atoms with Crippen LogP contribution in [0, 0.1) is 11.6 Å². The Balaban J connectivity index is 2.41. The van der Waals surface area contributed by atoms with Crippen molar-refractivity contribution in [2.45, 2.75) is 38.0 Å². The van der Waals surface area contributed by atoms with Gasteiger partial charge in [-0.3, -0.25) is 0 Å². The molecule has 1 unspecified atom stereocenters. The summed E-state index contributed by atoms with van der Waals surface area (Å²) in [6.07, 6.45) is 0.0791. The molecule has 0 bridgehead atoms. The molecular formula is C13H15F2NO3S. The zero-order chi connectivity index (χ0) is 15.1. The second-order valence-corrected chi connectivity index (χ2v) is 7.60. The quantitative estimate of drug-likeness (QED) is 0.844. The van der Waals surface area contributed by atoms with E-state index in [1.165, 1.54) is 13.0 Å². The fourth-order valence-corrected chi connectivity index (χ4v) is 3.65. The molecule has 4 nitrogen and oxygen atoms in total. The van der Waals surface area contributed by atoms with Gasteiger partial charge in [-0.25, -0.2) is 17.2 Å². The number of nitrogens with zero attached hydrogens (tertiary/aromatic N) is 1. The summed E-state index contributed by atoms with van der Waals surface area (Å²) < 4.78 is 52.2. The zero-order valence-corrected chi connectivity index (χ0v) is 12.2. The van der Waals surface area contributed by atoms with Crippen molar-refractivity contribution in [1.29, 1.82) is 0 Å². The summed E-state index contributed by atoms with van der Waals surface area (Å²) in [5, 5.41) is 2.01. The first kappa shape index (κ1) is 14.9. The summed E-state index contributed by atoms with van der Waals surface area (Å²) in [7, 11) is -3.96. The van der Waals surface area contributed by atoms with Crippen molar-refractivity contribution < 1.29 is 22.0 Å². The average molecular weight is 303 g/mol. The van der Waals surface area contributed by atoms with Gasteiger partial charge in [0.25, 0.3) is 0 Å². The van der Waals surface area contributed by atoms with Gasteiger partial charge < -0.3 is 4.84 Å². The molecule has 0 N–H and O–H groups in total. The van der Waals surface area contributed by atoms with Gasteiger partial charge in [-0.2, -0.15) is 0 Å². The molecule has 0 fully saturated rings. The molecule has 1 aliphatic heterocycles. The average Bonchev–Trinajstić information content (AvgIpc) is 2.70. The number of oxime groups is 1. The van der Waals surface area contributed by atoms with Crippen LogP contribution in [0.2, 0.25) is 0 Å². The van der Waals surface area contributed by atoms with E-state index < -0.39 is 37.9 Å². The zero-order valence-electron chi connectivity index (χ0n) is 11.4. The Morgan fingerprint density at radius 1 is 1.30 bits per heavy atom.